The predicted molar refractivity (Wildman–Crippen MR) is 99.7 cm³/mol. The van der Waals surface area contributed by atoms with Crippen molar-refractivity contribution >= 4 is 17.3 Å². The van der Waals surface area contributed by atoms with Crippen LogP contribution in [0.4, 0.5) is 17.3 Å². The van der Waals surface area contributed by atoms with Crippen LogP contribution in [0.2, 0.25) is 0 Å². The molecule has 4 heteroatoms. The Morgan fingerprint density at radius 3 is 2.33 bits per heavy atom. The molecule has 1 aromatic heterocycles. The number of nitrogens with zero attached hydrogens (tertiary/aromatic N) is 2. The Labute approximate surface area is 143 Å². The fraction of sp³-hybridized carbons (Fsp3) is 0.200. The maximum Gasteiger partial charge on any atom is 0.136 e. The number of aryl methyl sites for hydroxylation is 3. The second-order valence-electron chi connectivity index (χ2n) is 5.97. The minimum absolute atomic E-state index is 0.736. The van der Waals surface area contributed by atoms with Crippen molar-refractivity contribution in [2.45, 2.75) is 27.3 Å². The van der Waals surface area contributed by atoms with Crippen molar-refractivity contribution in [1.29, 1.82) is 0 Å². The molecule has 3 rings (SSSR count). The zero-order chi connectivity index (χ0) is 16.9. The Balaban J connectivity index is 1.76. The highest BCUT2D eigenvalue weighted by atomic mass is 15.1. The fourth-order valence-electron chi connectivity index (χ4n) is 2.60. The van der Waals surface area contributed by atoms with Crippen LogP contribution in [0.1, 0.15) is 22.5 Å². The van der Waals surface area contributed by atoms with E-state index in [9.17, 15) is 0 Å². The predicted octanol–water partition coefficient (Wildman–Crippen LogP) is 4.76. The molecule has 0 saturated heterocycles. The molecular weight excluding hydrogens is 296 g/mol. The van der Waals surface area contributed by atoms with Crippen molar-refractivity contribution in [3.63, 3.8) is 0 Å². The van der Waals surface area contributed by atoms with Gasteiger partial charge in [0.15, 0.2) is 0 Å². The van der Waals surface area contributed by atoms with Crippen molar-refractivity contribution in [3.05, 3.63) is 77.1 Å². The van der Waals surface area contributed by atoms with E-state index < -0.39 is 0 Å². The van der Waals surface area contributed by atoms with E-state index in [1.54, 1.807) is 0 Å². The molecule has 3 aromatic rings. The van der Waals surface area contributed by atoms with Gasteiger partial charge in [-0.05, 0) is 38.0 Å². The molecule has 0 spiro atoms. The summed E-state index contributed by atoms with van der Waals surface area (Å²) < 4.78 is 0. The Morgan fingerprint density at radius 2 is 1.58 bits per heavy atom. The van der Waals surface area contributed by atoms with Gasteiger partial charge in [0, 0.05) is 18.3 Å². The topological polar surface area (TPSA) is 49.8 Å². The molecule has 2 N–H and O–H groups in total. The van der Waals surface area contributed by atoms with Crippen molar-refractivity contribution in [2.75, 3.05) is 10.6 Å². The van der Waals surface area contributed by atoms with Gasteiger partial charge in [-0.3, -0.25) is 0 Å². The molecule has 122 valence electrons. The Morgan fingerprint density at radius 1 is 0.833 bits per heavy atom. The van der Waals surface area contributed by atoms with Crippen LogP contribution in [0, 0.1) is 20.8 Å². The summed E-state index contributed by atoms with van der Waals surface area (Å²) in [5.41, 5.74) is 4.73. The number of hydrogen-bond donors (Lipinski definition) is 2. The number of hydrogen-bond acceptors (Lipinski definition) is 4. The molecule has 24 heavy (non-hydrogen) atoms. The highest BCUT2D eigenvalue weighted by Crippen LogP contribution is 2.22. The molecule has 0 aliphatic rings. The van der Waals surface area contributed by atoms with Gasteiger partial charge in [-0.1, -0.05) is 48.0 Å². The van der Waals surface area contributed by atoms with E-state index in [0.717, 1.165) is 29.7 Å². The van der Waals surface area contributed by atoms with Crippen LogP contribution in [0.25, 0.3) is 0 Å². The lowest BCUT2D eigenvalue weighted by molar-refractivity contribution is 1.02. The second-order valence-corrected chi connectivity index (χ2v) is 5.97. The molecule has 4 nitrogen and oxygen atoms in total. The summed E-state index contributed by atoms with van der Waals surface area (Å²) in [6.45, 7) is 6.83. The molecule has 1 heterocycles. The van der Waals surface area contributed by atoms with Gasteiger partial charge >= 0.3 is 0 Å². The molecule has 0 bridgehead atoms. The first-order valence-electron chi connectivity index (χ1n) is 8.08. The largest absolute Gasteiger partial charge is 0.366 e. The van der Waals surface area contributed by atoms with E-state index in [1.165, 1.54) is 16.7 Å². The van der Waals surface area contributed by atoms with Crippen molar-refractivity contribution in [1.82, 2.24) is 9.97 Å². The zero-order valence-electron chi connectivity index (χ0n) is 14.3. The lowest BCUT2D eigenvalue weighted by Crippen LogP contribution is -2.05. The van der Waals surface area contributed by atoms with Crippen LogP contribution < -0.4 is 10.6 Å². The number of nitrogens with one attached hydrogen (secondary N) is 2. The van der Waals surface area contributed by atoms with E-state index in [2.05, 4.69) is 64.8 Å². The van der Waals surface area contributed by atoms with Crippen molar-refractivity contribution in [3.8, 4) is 0 Å². The molecule has 0 atom stereocenters. The summed E-state index contributed by atoms with van der Waals surface area (Å²) >= 11 is 0. The van der Waals surface area contributed by atoms with Gasteiger partial charge in [0.1, 0.15) is 17.5 Å². The lowest BCUT2D eigenvalue weighted by Gasteiger charge is -2.12. The highest BCUT2D eigenvalue weighted by Gasteiger charge is 2.05. The average Bonchev–Trinajstić information content (AvgIpc) is 2.56. The van der Waals surface area contributed by atoms with Gasteiger partial charge in [-0.25, -0.2) is 9.97 Å². The van der Waals surface area contributed by atoms with Crippen LogP contribution in [0.15, 0.2) is 54.6 Å². The first-order chi connectivity index (χ1) is 11.6. The normalized spacial score (nSPS) is 10.5. The van der Waals surface area contributed by atoms with Crippen LogP contribution in [-0.2, 0) is 6.54 Å². The quantitative estimate of drug-likeness (QED) is 0.712. The maximum absolute atomic E-state index is 4.49. The molecular formula is C20H22N4. The molecule has 0 radical (unpaired) electrons. The fourth-order valence-corrected chi connectivity index (χ4v) is 2.60. The van der Waals surface area contributed by atoms with E-state index in [-0.39, 0.29) is 0 Å². The maximum atomic E-state index is 4.49. The number of benzene rings is 2. The first-order valence-corrected chi connectivity index (χ1v) is 8.08. The van der Waals surface area contributed by atoms with E-state index >= 15 is 0 Å². The molecule has 0 amide bonds. The van der Waals surface area contributed by atoms with E-state index in [1.807, 2.05) is 31.2 Å². The third-order valence-electron chi connectivity index (χ3n) is 3.80. The smallest absolute Gasteiger partial charge is 0.136 e. The minimum atomic E-state index is 0.736. The SMILES string of the molecule is Cc1ccc(Nc2cc(NCc3ccccc3)nc(C)n2)c(C)c1. The Bertz CT molecular complexity index is 828. The molecule has 0 aliphatic carbocycles. The molecule has 0 fully saturated rings. The first kappa shape index (κ1) is 16.0. The number of anilines is 3. The zero-order valence-corrected chi connectivity index (χ0v) is 14.3. The van der Waals surface area contributed by atoms with Gasteiger partial charge in [0.05, 0.1) is 0 Å². The molecule has 0 aliphatic heterocycles. The van der Waals surface area contributed by atoms with E-state index in [0.29, 0.717) is 0 Å². The Kier molecular flexibility index (Phi) is 4.75. The van der Waals surface area contributed by atoms with Crippen LogP contribution in [0.3, 0.4) is 0 Å². The van der Waals surface area contributed by atoms with Crippen LogP contribution in [-0.4, -0.2) is 9.97 Å². The summed E-state index contributed by atoms with van der Waals surface area (Å²) in [6.07, 6.45) is 0. The third kappa shape index (κ3) is 4.10. The van der Waals surface area contributed by atoms with Crippen LogP contribution in [0.5, 0.6) is 0 Å². The third-order valence-corrected chi connectivity index (χ3v) is 3.80. The number of aromatic nitrogens is 2. The summed E-state index contributed by atoms with van der Waals surface area (Å²) in [5.74, 6) is 2.35. The van der Waals surface area contributed by atoms with Crippen molar-refractivity contribution < 1.29 is 0 Å². The van der Waals surface area contributed by atoms with Gasteiger partial charge in [0.25, 0.3) is 0 Å². The van der Waals surface area contributed by atoms with Crippen LogP contribution >= 0.6 is 0 Å². The van der Waals surface area contributed by atoms with Gasteiger partial charge in [0.2, 0.25) is 0 Å². The average molecular weight is 318 g/mol. The van der Waals surface area contributed by atoms with Crippen molar-refractivity contribution in [2.24, 2.45) is 0 Å². The van der Waals surface area contributed by atoms with Gasteiger partial charge in [-0.2, -0.15) is 0 Å². The molecule has 0 saturated carbocycles. The van der Waals surface area contributed by atoms with E-state index in [4.69, 9.17) is 0 Å². The molecule has 0 unspecified atom stereocenters. The second kappa shape index (κ2) is 7.13. The summed E-state index contributed by atoms with van der Waals surface area (Å²) in [6, 6.07) is 18.6. The van der Waals surface area contributed by atoms with Gasteiger partial charge < -0.3 is 10.6 Å². The summed E-state index contributed by atoms with van der Waals surface area (Å²) in [4.78, 5) is 8.95. The summed E-state index contributed by atoms with van der Waals surface area (Å²) in [7, 11) is 0. The molecule has 2 aromatic carbocycles. The highest BCUT2D eigenvalue weighted by molar-refractivity contribution is 5.63. The Hall–Kier alpha value is -2.88. The minimum Gasteiger partial charge on any atom is -0.366 e. The summed E-state index contributed by atoms with van der Waals surface area (Å²) in [5, 5.41) is 6.75. The number of rotatable bonds is 5. The monoisotopic (exact) mass is 318 g/mol. The van der Waals surface area contributed by atoms with Gasteiger partial charge in [-0.15, -0.1) is 0 Å². The standard InChI is InChI=1S/C20H22N4/c1-14-9-10-18(15(2)11-14)24-20-12-19(22-16(3)23-20)21-13-17-7-5-4-6-8-17/h4-12H,13H2,1-3H3,(H2,21,22,23,24). The lowest BCUT2D eigenvalue weighted by atomic mass is 10.1.